The van der Waals surface area contributed by atoms with Crippen LogP contribution in [0.25, 0.3) is 0 Å². The summed E-state index contributed by atoms with van der Waals surface area (Å²) in [6.07, 6.45) is 2.90. The third-order valence-electron chi connectivity index (χ3n) is 4.05. The van der Waals surface area contributed by atoms with E-state index in [2.05, 4.69) is 20.6 Å². The lowest BCUT2D eigenvalue weighted by molar-refractivity contribution is 0.0949. The summed E-state index contributed by atoms with van der Waals surface area (Å²) in [6.45, 7) is 1.90. The molecule has 0 bridgehead atoms. The van der Waals surface area contributed by atoms with E-state index in [1.807, 2.05) is 30.3 Å². The highest BCUT2D eigenvalue weighted by Gasteiger charge is 2.08. The fraction of sp³-hybridized carbons (Fsp3) is 0.143. The van der Waals surface area contributed by atoms with Gasteiger partial charge >= 0.3 is 0 Å². The van der Waals surface area contributed by atoms with Gasteiger partial charge in [0.25, 0.3) is 5.91 Å². The standard InChI is InChI=1S/C21H20N4O3/c1-14(26)16-4-3-5-18(10-16)25-21-23-12-17(13-24-21)20(27)22-11-15-6-8-19(28-2)9-7-15/h3-10,12-13H,11H2,1-2H3,(H,22,27)(H,23,24,25). The van der Waals surface area contributed by atoms with Crippen LogP contribution in [0.3, 0.4) is 0 Å². The summed E-state index contributed by atoms with van der Waals surface area (Å²) >= 11 is 0. The molecule has 2 aromatic carbocycles. The molecule has 0 spiro atoms. The number of nitrogens with one attached hydrogen (secondary N) is 2. The van der Waals surface area contributed by atoms with E-state index in [9.17, 15) is 9.59 Å². The average Bonchev–Trinajstić information content (AvgIpc) is 2.73. The zero-order valence-corrected chi connectivity index (χ0v) is 15.6. The van der Waals surface area contributed by atoms with Crippen LogP contribution in [0.1, 0.15) is 33.2 Å². The van der Waals surface area contributed by atoms with Crippen molar-refractivity contribution in [1.82, 2.24) is 15.3 Å². The van der Waals surface area contributed by atoms with Crippen LogP contribution < -0.4 is 15.4 Å². The maximum Gasteiger partial charge on any atom is 0.254 e. The Hall–Kier alpha value is -3.74. The number of Topliss-reactive ketones (excluding diaryl/α,β-unsaturated/α-hetero) is 1. The van der Waals surface area contributed by atoms with Crippen molar-refractivity contribution in [3.8, 4) is 5.75 Å². The summed E-state index contributed by atoms with van der Waals surface area (Å²) in [6, 6.07) is 14.5. The SMILES string of the molecule is COc1ccc(CNC(=O)c2cnc(Nc3cccc(C(C)=O)c3)nc2)cc1. The van der Waals surface area contributed by atoms with Gasteiger partial charge < -0.3 is 15.4 Å². The summed E-state index contributed by atoms with van der Waals surface area (Å²) in [7, 11) is 1.61. The number of rotatable bonds is 7. The van der Waals surface area contributed by atoms with Crippen molar-refractivity contribution in [2.45, 2.75) is 13.5 Å². The van der Waals surface area contributed by atoms with Crippen LogP contribution in [0.4, 0.5) is 11.6 Å². The molecule has 0 unspecified atom stereocenters. The highest BCUT2D eigenvalue weighted by atomic mass is 16.5. The molecule has 28 heavy (non-hydrogen) atoms. The molecule has 0 saturated heterocycles. The predicted octanol–water partition coefficient (Wildman–Crippen LogP) is 3.36. The third kappa shape index (κ3) is 4.91. The van der Waals surface area contributed by atoms with Crippen molar-refractivity contribution in [3.05, 3.63) is 77.6 Å². The summed E-state index contributed by atoms with van der Waals surface area (Å²) < 4.78 is 5.11. The minimum Gasteiger partial charge on any atom is -0.497 e. The Morgan fingerprint density at radius 3 is 2.36 bits per heavy atom. The molecule has 7 heteroatoms. The first kappa shape index (κ1) is 19.0. The van der Waals surface area contributed by atoms with Gasteiger partial charge in [0.2, 0.25) is 5.95 Å². The van der Waals surface area contributed by atoms with Crippen molar-refractivity contribution < 1.29 is 14.3 Å². The van der Waals surface area contributed by atoms with Crippen LogP contribution in [0.5, 0.6) is 5.75 Å². The van der Waals surface area contributed by atoms with E-state index in [1.54, 1.807) is 25.3 Å². The molecule has 2 N–H and O–H groups in total. The molecular formula is C21H20N4O3. The number of anilines is 2. The van der Waals surface area contributed by atoms with Crippen molar-refractivity contribution >= 4 is 23.3 Å². The maximum absolute atomic E-state index is 12.3. The van der Waals surface area contributed by atoms with Gasteiger partial charge in [-0.25, -0.2) is 9.97 Å². The molecule has 7 nitrogen and oxygen atoms in total. The first-order valence-corrected chi connectivity index (χ1v) is 8.66. The number of methoxy groups -OCH3 is 1. The normalized spacial score (nSPS) is 10.2. The van der Waals surface area contributed by atoms with Gasteiger partial charge in [-0.1, -0.05) is 24.3 Å². The number of ether oxygens (including phenoxy) is 1. The monoisotopic (exact) mass is 376 g/mol. The Morgan fingerprint density at radius 1 is 1.00 bits per heavy atom. The number of carbonyl (C=O) groups is 2. The van der Waals surface area contributed by atoms with E-state index in [1.165, 1.54) is 19.3 Å². The van der Waals surface area contributed by atoms with Crippen LogP contribution in [0.2, 0.25) is 0 Å². The maximum atomic E-state index is 12.3. The molecule has 142 valence electrons. The Kier molecular flexibility index (Phi) is 5.96. The molecular weight excluding hydrogens is 356 g/mol. The van der Waals surface area contributed by atoms with E-state index < -0.39 is 0 Å². The zero-order valence-electron chi connectivity index (χ0n) is 15.6. The molecule has 1 aromatic heterocycles. The quantitative estimate of drug-likeness (QED) is 0.614. The van der Waals surface area contributed by atoms with Gasteiger partial charge in [-0.05, 0) is 36.8 Å². The van der Waals surface area contributed by atoms with Crippen molar-refractivity contribution in [3.63, 3.8) is 0 Å². The Balaban J connectivity index is 1.59. The first-order valence-electron chi connectivity index (χ1n) is 8.66. The van der Waals surface area contributed by atoms with Crippen molar-refractivity contribution in [2.75, 3.05) is 12.4 Å². The van der Waals surface area contributed by atoms with Crippen LogP contribution in [0.15, 0.2) is 60.9 Å². The van der Waals surface area contributed by atoms with Gasteiger partial charge in [0.15, 0.2) is 5.78 Å². The number of aromatic nitrogens is 2. The Bertz CT molecular complexity index is 970. The number of nitrogens with zero attached hydrogens (tertiary/aromatic N) is 2. The molecule has 0 atom stereocenters. The molecule has 0 aliphatic heterocycles. The second-order valence-corrected chi connectivity index (χ2v) is 6.09. The average molecular weight is 376 g/mol. The van der Waals surface area contributed by atoms with Crippen LogP contribution in [0, 0.1) is 0 Å². The smallest absolute Gasteiger partial charge is 0.254 e. The molecule has 0 saturated carbocycles. The van der Waals surface area contributed by atoms with Gasteiger partial charge in [0, 0.05) is 30.2 Å². The summed E-state index contributed by atoms with van der Waals surface area (Å²) in [5, 5.41) is 5.84. The van der Waals surface area contributed by atoms with Gasteiger partial charge in [-0.3, -0.25) is 9.59 Å². The zero-order chi connectivity index (χ0) is 19.9. The number of amides is 1. The molecule has 0 fully saturated rings. The number of hydrogen-bond donors (Lipinski definition) is 2. The highest BCUT2D eigenvalue weighted by Crippen LogP contribution is 2.15. The van der Waals surface area contributed by atoms with E-state index in [0.717, 1.165) is 11.3 Å². The minimum atomic E-state index is -0.263. The van der Waals surface area contributed by atoms with E-state index in [-0.39, 0.29) is 11.7 Å². The lowest BCUT2D eigenvalue weighted by Crippen LogP contribution is -2.23. The van der Waals surface area contributed by atoms with Gasteiger partial charge in [0.05, 0.1) is 12.7 Å². The largest absolute Gasteiger partial charge is 0.497 e. The number of hydrogen-bond acceptors (Lipinski definition) is 6. The topological polar surface area (TPSA) is 93.2 Å². The minimum absolute atomic E-state index is 0.0200. The lowest BCUT2D eigenvalue weighted by Gasteiger charge is -2.08. The van der Waals surface area contributed by atoms with Crippen molar-refractivity contribution in [2.24, 2.45) is 0 Å². The third-order valence-corrected chi connectivity index (χ3v) is 4.05. The fourth-order valence-electron chi connectivity index (χ4n) is 2.48. The summed E-state index contributed by atoms with van der Waals surface area (Å²) in [5.41, 5.74) is 2.61. The van der Waals surface area contributed by atoms with Crippen LogP contribution in [-0.2, 0) is 6.54 Å². The number of carbonyl (C=O) groups excluding carboxylic acids is 2. The molecule has 0 aliphatic carbocycles. The van der Waals surface area contributed by atoms with Gasteiger partial charge in [-0.2, -0.15) is 0 Å². The summed E-state index contributed by atoms with van der Waals surface area (Å²) in [5.74, 6) is 0.821. The number of benzene rings is 2. The Morgan fingerprint density at radius 2 is 1.71 bits per heavy atom. The molecule has 3 rings (SSSR count). The lowest BCUT2D eigenvalue weighted by atomic mass is 10.1. The van der Waals surface area contributed by atoms with Crippen LogP contribution in [-0.4, -0.2) is 28.8 Å². The Labute approximate surface area is 162 Å². The predicted molar refractivity (Wildman–Crippen MR) is 106 cm³/mol. The molecule has 3 aromatic rings. The number of ketones is 1. The van der Waals surface area contributed by atoms with Gasteiger partial charge in [-0.15, -0.1) is 0 Å². The molecule has 1 amide bonds. The van der Waals surface area contributed by atoms with E-state index in [4.69, 9.17) is 4.74 Å². The second kappa shape index (κ2) is 8.77. The van der Waals surface area contributed by atoms with Gasteiger partial charge in [0.1, 0.15) is 5.75 Å². The fourth-order valence-corrected chi connectivity index (χ4v) is 2.48. The molecule has 0 aliphatic rings. The van der Waals surface area contributed by atoms with E-state index >= 15 is 0 Å². The molecule has 1 heterocycles. The molecule has 0 radical (unpaired) electrons. The highest BCUT2D eigenvalue weighted by molar-refractivity contribution is 5.95. The first-order chi connectivity index (χ1) is 13.5. The van der Waals surface area contributed by atoms with E-state index in [0.29, 0.717) is 29.3 Å². The second-order valence-electron chi connectivity index (χ2n) is 6.09. The van der Waals surface area contributed by atoms with Crippen LogP contribution >= 0.6 is 0 Å². The van der Waals surface area contributed by atoms with Crippen molar-refractivity contribution in [1.29, 1.82) is 0 Å². The summed E-state index contributed by atoms with van der Waals surface area (Å²) in [4.78, 5) is 32.0.